The van der Waals surface area contributed by atoms with E-state index in [9.17, 15) is 0 Å². The van der Waals surface area contributed by atoms with Gasteiger partial charge in [0.2, 0.25) is 12.2 Å². The Morgan fingerprint density at radius 2 is 1.47 bits per heavy atom. The second-order valence-corrected chi connectivity index (χ2v) is 10.2. The van der Waals surface area contributed by atoms with Crippen LogP contribution in [-0.4, -0.2) is 34.8 Å². The van der Waals surface area contributed by atoms with Crippen molar-refractivity contribution in [2.75, 3.05) is 6.61 Å². The minimum Gasteiger partial charge on any atom is -0.448 e. The quantitative estimate of drug-likeness (QED) is 0.268. The summed E-state index contributed by atoms with van der Waals surface area (Å²) < 4.78 is 22.0. The maximum absolute atomic E-state index is 7.97. The molecule has 0 spiro atoms. The van der Waals surface area contributed by atoms with E-state index in [1.807, 2.05) is 67.6 Å². The second-order valence-electron chi connectivity index (χ2n) is 7.97. The Kier molecular flexibility index (Phi) is 9.23. The topological polar surface area (TPSA) is 60.8 Å². The van der Waals surface area contributed by atoms with Crippen LogP contribution in [0.1, 0.15) is 25.0 Å². The molecule has 5 atom stereocenters. The van der Waals surface area contributed by atoms with Gasteiger partial charge in [0.05, 0.1) is 32.0 Å². The minimum atomic E-state index is -1.97. The van der Waals surface area contributed by atoms with Crippen molar-refractivity contribution in [3.63, 3.8) is 0 Å². The van der Waals surface area contributed by atoms with Crippen molar-refractivity contribution in [2.24, 2.45) is 11.8 Å². The lowest BCUT2D eigenvalue weighted by atomic mass is 9.85. The van der Waals surface area contributed by atoms with Crippen LogP contribution in [-0.2, 0) is 32.2 Å². The first-order valence-electron chi connectivity index (χ1n) is 10.5. The van der Waals surface area contributed by atoms with E-state index in [4.69, 9.17) is 59.2 Å². The summed E-state index contributed by atoms with van der Waals surface area (Å²) in [6.07, 6.45) is -1.33. The van der Waals surface area contributed by atoms with E-state index in [1.165, 1.54) is 0 Å². The molecule has 0 saturated carbocycles. The van der Waals surface area contributed by atoms with Gasteiger partial charge in [0.25, 0.3) is 3.79 Å². The summed E-state index contributed by atoms with van der Waals surface area (Å²) in [5.41, 5.74) is 2.15. The molecule has 2 aromatic rings. The number of hydrogen-bond donors (Lipinski definition) is 1. The van der Waals surface area contributed by atoms with Gasteiger partial charge in [-0.05, 0) is 11.1 Å². The summed E-state index contributed by atoms with van der Waals surface area (Å²) in [6, 6.07) is 19.9. The molecule has 3 rings (SSSR count). The Balaban J connectivity index is 1.68. The minimum absolute atomic E-state index is 0.0197. The zero-order valence-corrected chi connectivity index (χ0v) is 20.3. The number of ether oxygens (including phenoxy) is 4. The molecule has 2 unspecified atom stereocenters. The lowest BCUT2D eigenvalue weighted by Crippen LogP contribution is -2.53. The number of halogens is 3. The molecule has 1 aliphatic heterocycles. The van der Waals surface area contributed by atoms with Gasteiger partial charge in [-0.25, -0.2) is 0 Å². The van der Waals surface area contributed by atoms with E-state index in [0.717, 1.165) is 11.1 Å². The fourth-order valence-electron chi connectivity index (χ4n) is 3.71. The smallest absolute Gasteiger partial charge is 0.265 e. The van der Waals surface area contributed by atoms with Crippen LogP contribution in [0.3, 0.4) is 0 Å². The number of hydrogen-bond acceptors (Lipinski definition) is 5. The molecule has 1 aliphatic rings. The third kappa shape index (κ3) is 7.08. The van der Waals surface area contributed by atoms with Gasteiger partial charge >= 0.3 is 0 Å². The van der Waals surface area contributed by atoms with Gasteiger partial charge in [-0.3, -0.25) is 5.41 Å². The van der Waals surface area contributed by atoms with Crippen LogP contribution < -0.4 is 0 Å². The molecular formula is C24H28Cl3NO4. The molecule has 0 radical (unpaired) electrons. The summed E-state index contributed by atoms with van der Waals surface area (Å²) in [5.74, 6) is -0.669. The first-order valence-corrected chi connectivity index (χ1v) is 11.6. The van der Waals surface area contributed by atoms with E-state index in [1.54, 1.807) is 0 Å². The summed E-state index contributed by atoms with van der Waals surface area (Å²) in [5, 5.41) is 7.97. The molecule has 1 saturated heterocycles. The van der Waals surface area contributed by atoms with Crippen LogP contribution in [0.15, 0.2) is 60.7 Å². The normalized spacial score (nSPS) is 26.0. The van der Waals surface area contributed by atoms with Crippen LogP contribution >= 0.6 is 34.8 Å². The van der Waals surface area contributed by atoms with Gasteiger partial charge in [-0.15, -0.1) is 0 Å². The van der Waals surface area contributed by atoms with Crippen LogP contribution in [0.4, 0.5) is 0 Å². The van der Waals surface area contributed by atoms with Gasteiger partial charge in [0, 0.05) is 11.8 Å². The highest BCUT2D eigenvalue weighted by Crippen LogP contribution is 2.36. The Morgan fingerprint density at radius 1 is 0.906 bits per heavy atom. The van der Waals surface area contributed by atoms with Crippen molar-refractivity contribution in [1.29, 1.82) is 5.41 Å². The first-order chi connectivity index (χ1) is 15.3. The molecule has 2 aromatic carbocycles. The molecule has 8 heteroatoms. The fraction of sp³-hybridized carbons (Fsp3) is 0.458. The maximum atomic E-state index is 7.97. The van der Waals surface area contributed by atoms with Gasteiger partial charge in [-0.1, -0.05) is 109 Å². The molecular weight excluding hydrogens is 473 g/mol. The van der Waals surface area contributed by atoms with E-state index < -0.39 is 16.0 Å². The average molecular weight is 501 g/mol. The zero-order valence-electron chi connectivity index (χ0n) is 18.0. The first kappa shape index (κ1) is 25.3. The summed E-state index contributed by atoms with van der Waals surface area (Å²) in [4.78, 5) is 0. The monoisotopic (exact) mass is 499 g/mol. The highest BCUT2D eigenvalue weighted by atomic mass is 35.6. The van der Waals surface area contributed by atoms with Crippen molar-refractivity contribution in [3.8, 4) is 0 Å². The van der Waals surface area contributed by atoms with Gasteiger partial charge in [0.1, 0.15) is 0 Å². The third-order valence-electron chi connectivity index (χ3n) is 5.53. The van der Waals surface area contributed by atoms with Crippen LogP contribution in [0.25, 0.3) is 0 Å². The van der Waals surface area contributed by atoms with Crippen LogP contribution in [0.2, 0.25) is 0 Å². The lowest BCUT2D eigenvalue weighted by Gasteiger charge is -2.44. The molecule has 0 bridgehead atoms. The summed E-state index contributed by atoms with van der Waals surface area (Å²) in [6.45, 7) is 5.28. The molecule has 5 nitrogen and oxygen atoms in total. The molecule has 174 valence electrons. The largest absolute Gasteiger partial charge is 0.448 e. The van der Waals surface area contributed by atoms with Gasteiger partial charge in [-0.2, -0.15) is 0 Å². The molecule has 1 N–H and O–H groups in total. The van der Waals surface area contributed by atoms with E-state index in [0.29, 0.717) is 19.8 Å². The number of benzene rings is 2. The SMILES string of the molecule is CC1[C@H](OC(=N)C(Cl)(Cl)Cl)OC(COCc2ccccc2)[C@@H](C)[C@H]1OCc1ccccc1. The van der Waals surface area contributed by atoms with Gasteiger partial charge < -0.3 is 18.9 Å². The Morgan fingerprint density at radius 3 is 2.03 bits per heavy atom. The number of rotatable bonds is 8. The Hall–Kier alpha value is -1.34. The fourth-order valence-corrected chi connectivity index (χ4v) is 3.85. The highest BCUT2D eigenvalue weighted by Gasteiger charge is 2.45. The second kappa shape index (κ2) is 11.7. The number of nitrogens with one attached hydrogen (secondary N) is 1. The van der Waals surface area contributed by atoms with Crippen LogP contribution in [0.5, 0.6) is 0 Å². The molecule has 0 aromatic heterocycles. The molecule has 0 amide bonds. The predicted octanol–water partition coefficient (Wildman–Crippen LogP) is 6.15. The third-order valence-corrected chi connectivity index (χ3v) is 6.05. The molecule has 1 heterocycles. The lowest BCUT2D eigenvalue weighted by molar-refractivity contribution is -0.256. The molecule has 1 fully saturated rings. The van der Waals surface area contributed by atoms with Crippen LogP contribution in [0, 0.1) is 17.2 Å². The van der Waals surface area contributed by atoms with Crippen molar-refractivity contribution >= 4 is 40.7 Å². The predicted molar refractivity (Wildman–Crippen MR) is 127 cm³/mol. The molecule has 32 heavy (non-hydrogen) atoms. The highest BCUT2D eigenvalue weighted by molar-refractivity contribution is 6.76. The van der Waals surface area contributed by atoms with Crippen molar-refractivity contribution in [1.82, 2.24) is 0 Å². The van der Waals surface area contributed by atoms with Crippen molar-refractivity contribution in [3.05, 3.63) is 71.8 Å². The maximum Gasteiger partial charge on any atom is 0.265 e. The molecule has 0 aliphatic carbocycles. The number of alkyl halides is 3. The van der Waals surface area contributed by atoms with Crippen molar-refractivity contribution in [2.45, 2.75) is 49.4 Å². The van der Waals surface area contributed by atoms with Crippen molar-refractivity contribution < 1.29 is 18.9 Å². The Labute approximate surface area is 204 Å². The standard InChI is InChI=1S/C24H28Cl3NO4/c1-16-20(15-29-13-18-9-5-3-6-10-18)31-22(32-23(28)24(25,26)27)17(2)21(16)30-14-19-11-7-4-8-12-19/h3-12,16-17,20-22,28H,13-15H2,1-2H3/t16-,17?,20?,21-,22+/m1/s1. The van der Waals surface area contributed by atoms with E-state index in [-0.39, 0.29) is 24.0 Å². The Bertz CT molecular complexity index is 847. The summed E-state index contributed by atoms with van der Waals surface area (Å²) in [7, 11) is 0. The van der Waals surface area contributed by atoms with E-state index in [2.05, 4.69) is 6.92 Å². The summed E-state index contributed by atoms with van der Waals surface area (Å²) >= 11 is 17.4. The van der Waals surface area contributed by atoms with Gasteiger partial charge in [0.15, 0.2) is 0 Å². The van der Waals surface area contributed by atoms with E-state index >= 15 is 0 Å². The zero-order chi connectivity index (χ0) is 23.1. The average Bonchev–Trinajstić information content (AvgIpc) is 2.77.